The quantitative estimate of drug-likeness (QED) is 0.878. The van der Waals surface area contributed by atoms with E-state index >= 15 is 0 Å². The van der Waals surface area contributed by atoms with E-state index in [0.29, 0.717) is 10.0 Å². The molecule has 0 aliphatic heterocycles. The van der Waals surface area contributed by atoms with Gasteiger partial charge in [-0.25, -0.2) is 0 Å². The van der Waals surface area contributed by atoms with E-state index in [4.69, 9.17) is 33.7 Å². The molecular formula is C16H17Cl2NO. The van der Waals surface area contributed by atoms with E-state index in [9.17, 15) is 0 Å². The lowest BCUT2D eigenvalue weighted by molar-refractivity contribution is 0.239. The van der Waals surface area contributed by atoms with Gasteiger partial charge in [0.15, 0.2) is 0 Å². The second-order valence-corrected chi connectivity index (χ2v) is 5.63. The number of nitrogens with two attached hydrogens (primary N) is 1. The molecule has 0 fully saturated rings. The van der Waals surface area contributed by atoms with Crippen molar-refractivity contribution in [3.8, 4) is 5.75 Å². The van der Waals surface area contributed by atoms with Crippen molar-refractivity contribution in [1.82, 2.24) is 0 Å². The van der Waals surface area contributed by atoms with Crippen molar-refractivity contribution in [3.63, 3.8) is 0 Å². The van der Waals surface area contributed by atoms with Gasteiger partial charge >= 0.3 is 0 Å². The summed E-state index contributed by atoms with van der Waals surface area (Å²) >= 11 is 12.5. The highest BCUT2D eigenvalue weighted by atomic mass is 35.5. The number of benzene rings is 2. The van der Waals surface area contributed by atoms with Crippen molar-refractivity contribution < 1.29 is 4.74 Å². The fourth-order valence-corrected chi connectivity index (χ4v) is 2.69. The first-order valence-electron chi connectivity index (χ1n) is 6.45. The average molecular weight is 310 g/mol. The summed E-state index contributed by atoms with van der Waals surface area (Å²) in [4.78, 5) is 0. The van der Waals surface area contributed by atoms with Crippen molar-refractivity contribution in [2.45, 2.75) is 26.0 Å². The standard InChI is InChI=1S/C16H17Cl2NO/c1-10(2)20-14-9-4-3-6-11(14)16(19)15-12(17)7-5-8-13(15)18/h3-10,16H,19H2,1-2H3. The van der Waals surface area contributed by atoms with Gasteiger partial charge in [0.05, 0.1) is 12.1 Å². The first kappa shape index (κ1) is 15.2. The minimum atomic E-state index is -0.425. The molecule has 20 heavy (non-hydrogen) atoms. The molecule has 0 radical (unpaired) electrons. The predicted molar refractivity (Wildman–Crippen MR) is 84.7 cm³/mol. The third kappa shape index (κ3) is 3.26. The molecule has 0 aliphatic rings. The Balaban J connectivity index is 2.46. The predicted octanol–water partition coefficient (Wildman–Crippen LogP) is 4.83. The summed E-state index contributed by atoms with van der Waals surface area (Å²) < 4.78 is 5.80. The number of rotatable bonds is 4. The van der Waals surface area contributed by atoms with Crippen LogP contribution in [0.25, 0.3) is 0 Å². The van der Waals surface area contributed by atoms with Crippen LogP contribution >= 0.6 is 23.2 Å². The van der Waals surface area contributed by atoms with Gasteiger partial charge in [0.25, 0.3) is 0 Å². The van der Waals surface area contributed by atoms with Crippen LogP contribution in [0.15, 0.2) is 42.5 Å². The number of hydrogen-bond donors (Lipinski definition) is 1. The van der Waals surface area contributed by atoms with Gasteiger partial charge in [0.1, 0.15) is 5.75 Å². The summed E-state index contributed by atoms with van der Waals surface area (Å²) in [5.41, 5.74) is 7.94. The van der Waals surface area contributed by atoms with Crippen molar-refractivity contribution >= 4 is 23.2 Å². The van der Waals surface area contributed by atoms with Crippen LogP contribution in [0.3, 0.4) is 0 Å². The fraction of sp³-hybridized carbons (Fsp3) is 0.250. The number of hydrogen-bond acceptors (Lipinski definition) is 2. The van der Waals surface area contributed by atoms with Crippen LogP contribution in [0.5, 0.6) is 5.75 Å². The van der Waals surface area contributed by atoms with Gasteiger partial charge < -0.3 is 10.5 Å². The Morgan fingerprint density at radius 3 is 2.15 bits per heavy atom. The molecule has 1 unspecified atom stereocenters. The summed E-state index contributed by atoms with van der Waals surface area (Å²) in [6, 6.07) is 12.6. The lowest BCUT2D eigenvalue weighted by Gasteiger charge is -2.20. The molecule has 0 aromatic heterocycles. The maximum Gasteiger partial charge on any atom is 0.124 e. The van der Waals surface area contributed by atoms with E-state index in [1.54, 1.807) is 18.2 Å². The molecule has 0 amide bonds. The van der Waals surface area contributed by atoms with E-state index in [-0.39, 0.29) is 6.10 Å². The van der Waals surface area contributed by atoms with Gasteiger partial charge in [-0.2, -0.15) is 0 Å². The maximum atomic E-state index is 6.35. The van der Waals surface area contributed by atoms with Gasteiger partial charge in [0.2, 0.25) is 0 Å². The summed E-state index contributed by atoms with van der Waals surface area (Å²) in [7, 11) is 0. The van der Waals surface area contributed by atoms with Crippen LogP contribution in [0, 0.1) is 0 Å². The third-order valence-corrected chi connectivity index (χ3v) is 3.59. The van der Waals surface area contributed by atoms with Gasteiger partial charge in [0, 0.05) is 21.2 Å². The molecule has 2 nitrogen and oxygen atoms in total. The molecule has 2 aromatic carbocycles. The van der Waals surface area contributed by atoms with Crippen molar-refractivity contribution in [1.29, 1.82) is 0 Å². The second-order valence-electron chi connectivity index (χ2n) is 4.82. The zero-order valence-electron chi connectivity index (χ0n) is 11.4. The molecule has 4 heteroatoms. The van der Waals surface area contributed by atoms with Crippen molar-refractivity contribution in [2.75, 3.05) is 0 Å². The SMILES string of the molecule is CC(C)Oc1ccccc1C(N)c1c(Cl)cccc1Cl. The van der Waals surface area contributed by atoms with Crippen molar-refractivity contribution in [3.05, 3.63) is 63.6 Å². The van der Waals surface area contributed by atoms with Crippen LogP contribution in [0.4, 0.5) is 0 Å². The minimum Gasteiger partial charge on any atom is -0.491 e. The molecule has 0 heterocycles. The summed E-state index contributed by atoms with van der Waals surface area (Å²) in [6.45, 7) is 3.95. The Morgan fingerprint density at radius 2 is 1.55 bits per heavy atom. The highest BCUT2D eigenvalue weighted by molar-refractivity contribution is 6.36. The first-order chi connectivity index (χ1) is 9.50. The molecule has 0 saturated heterocycles. The van der Waals surface area contributed by atoms with Crippen LogP contribution in [-0.2, 0) is 0 Å². The van der Waals surface area contributed by atoms with E-state index in [0.717, 1.165) is 16.9 Å². The van der Waals surface area contributed by atoms with Crippen LogP contribution in [0.2, 0.25) is 10.0 Å². The Morgan fingerprint density at radius 1 is 0.950 bits per heavy atom. The molecule has 2 rings (SSSR count). The average Bonchev–Trinajstić information content (AvgIpc) is 2.38. The molecule has 1 atom stereocenters. The first-order valence-corrected chi connectivity index (χ1v) is 7.21. The molecule has 0 bridgehead atoms. The fourth-order valence-electron chi connectivity index (χ4n) is 2.06. The van der Waals surface area contributed by atoms with Gasteiger partial charge in [-0.3, -0.25) is 0 Å². The number of halogens is 2. The van der Waals surface area contributed by atoms with E-state index in [1.807, 2.05) is 38.1 Å². The van der Waals surface area contributed by atoms with Crippen LogP contribution in [0.1, 0.15) is 31.0 Å². The summed E-state index contributed by atoms with van der Waals surface area (Å²) in [5, 5.41) is 1.12. The largest absolute Gasteiger partial charge is 0.491 e. The van der Waals surface area contributed by atoms with E-state index < -0.39 is 6.04 Å². The Kier molecular flexibility index (Phi) is 4.92. The van der Waals surface area contributed by atoms with Gasteiger partial charge in [-0.05, 0) is 32.0 Å². The normalized spacial score (nSPS) is 12.5. The third-order valence-electron chi connectivity index (χ3n) is 2.93. The van der Waals surface area contributed by atoms with E-state index in [2.05, 4.69) is 0 Å². The second kappa shape index (κ2) is 6.49. The van der Waals surface area contributed by atoms with Crippen LogP contribution < -0.4 is 10.5 Å². The van der Waals surface area contributed by atoms with Crippen LogP contribution in [-0.4, -0.2) is 6.10 Å². The molecule has 0 saturated carbocycles. The van der Waals surface area contributed by atoms with Crippen molar-refractivity contribution in [2.24, 2.45) is 5.73 Å². The highest BCUT2D eigenvalue weighted by Crippen LogP contribution is 2.36. The number of ether oxygens (including phenoxy) is 1. The molecule has 0 aliphatic carbocycles. The molecule has 2 aromatic rings. The Bertz CT molecular complexity index is 579. The van der Waals surface area contributed by atoms with Gasteiger partial charge in [-0.15, -0.1) is 0 Å². The Labute approximate surface area is 129 Å². The molecular weight excluding hydrogens is 293 g/mol. The van der Waals surface area contributed by atoms with Gasteiger partial charge in [-0.1, -0.05) is 47.5 Å². The lowest BCUT2D eigenvalue weighted by atomic mass is 9.98. The monoisotopic (exact) mass is 309 g/mol. The summed E-state index contributed by atoms with van der Waals surface area (Å²) in [6.07, 6.45) is 0.0741. The topological polar surface area (TPSA) is 35.2 Å². The lowest BCUT2D eigenvalue weighted by Crippen LogP contribution is -2.16. The molecule has 0 spiro atoms. The highest BCUT2D eigenvalue weighted by Gasteiger charge is 2.19. The summed E-state index contributed by atoms with van der Waals surface area (Å²) in [5.74, 6) is 0.756. The number of para-hydroxylation sites is 1. The molecule has 2 N–H and O–H groups in total. The van der Waals surface area contributed by atoms with E-state index in [1.165, 1.54) is 0 Å². The minimum absolute atomic E-state index is 0.0741. The smallest absolute Gasteiger partial charge is 0.124 e. The maximum absolute atomic E-state index is 6.35. The zero-order valence-corrected chi connectivity index (χ0v) is 12.9. The zero-order chi connectivity index (χ0) is 14.7. The molecule has 106 valence electrons. The Hall–Kier alpha value is -1.22.